The van der Waals surface area contributed by atoms with Gasteiger partial charge in [-0.25, -0.2) is 0 Å². The van der Waals surface area contributed by atoms with Crippen LogP contribution in [0.3, 0.4) is 0 Å². The molecule has 3 aromatic rings. The quantitative estimate of drug-likeness (QED) is 0.738. The third-order valence-corrected chi connectivity index (χ3v) is 4.42. The van der Waals surface area contributed by atoms with E-state index in [0.29, 0.717) is 11.1 Å². The largest absolute Gasteiger partial charge is 0.497 e. The lowest BCUT2D eigenvalue weighted by Crippen LogP contribution is -2.32. The average molecular weight is 350 g/mol. The Morgan fingerprint density at radius 2 is 1.77 bits per heavy atom. The minimum absolute atomic E-state index is 0.175. The number of aromatic nitrogens is 1. The summed E-state index contributed by atoms with van der Waals surface area (Å²) in [5.41, 5.74) is 1.72. The van der Waals surface area contributed by atoms with Gasteiger partial charge in [0.25, 0.3) is 5.91 Å². The zero-order chi connectivity index (χ0) is 18.7. The Morgan fingerprint density at radius 1 is 1.08 bits per heavy atom. The van der Waals surface area contributed by atoms with E-state index in [2.05, 4.69) is 10.3 Å². The van der Waals surface area contributed by atoms with E-state index in [1.165, 1.54) is 6.07 Å². The zero-order valence-electron chi connectivity index (χ0n) is 15.1. The van der Waals surface area contributed by atoms with Gasteiger partial charge in [0.1, 0.15) is 5.75 Å². The first-order valence-corrected chi connectivity index (χ1v) is 8.56. The SMILES string of the molecule is COc1ccc(C(NC(=O)c2cc(=O)[nH]c3ccccc23)C(C)C)cc1. The number of para-hydroxylation sites is 1. The highest BCUT2D eigenvalue weighted by molar-refractivity contribution is 6.06. The van der Waals surface area contributed by atoms with Crippen molar-refractivity contribution in [3.05, 3.63) is 76.1 Å². The summed E-state index contributed by atoms with van der Waals surface area (Å²) in [5.74, 6) is 0.686. The molecule has 3 rings (SSSR count). The first kappa shape index (κ1) is 17.7. The van der Waals surface area contributed by atoms with Gasteiger partial charge in [-0.05, 0) is 29.7 Å². The Kier molecular flexibility index (Phi) is 5.07. The highest BCUT2D eigenvalue weighted by Gasteiger charge is 2.21. The number of nitrogens with one attached hydrogen (secondary N) is 2. The number of carbonyl (C=O) groups excluding carboxylic acids is 1. The number of fused-ring (bicyclic) bond motifs is 1. The average Bonchev–Trinajstić information content (AvgIpc) is 2.65. The van der Waals surface area contributed by atoms with Crippen LogP contribution in [0.4, 0.5) is 0 Å². The first-order valence-electron chi connectivity index (χ1n) is 8.56. The standard InChI is InChI=1S/C21H22N2O3/c1-13(2)20(14-8-10-15(26-3)11-9-14)23-21(25)17-12-19(24)22-18-7-5-4-6-16(17)18/h4-13,20H,1-3H3,(H,22,24)(H,23,25). The normalized spacial score (nSPS) is 12.2. The van der Waals surface area contributed by atoms with Crippen molar-refractivity contribution in [2.75, 3.05) is 7.11 Å². The van der Waals surface area contributed by atoms with E-state index in [9.17, 15) is 9.59 Å². The van der Waals surface area contributed by atoms with E-state index in [1.807, 2.05) is 56.3 Å². The lowest BCUT2D eigenvalue weighted by Gasteiger charge is -2.23. The van der Waals surface area contributed by atoms with E-state index in [4.69, 9.17) is 4.74 Å². The predicted molar refractivity (Wildman–Crippen MR) is 103 cm³/mol. The first-order chi connectivity index (χ1) is 12.5. The number of benzene rings is 2. The number of methoxy groups -OCH3 is 1. The molecule has 2 aromatic carbocycles. The molecule has 0 saturated heterocycles. The molecule has 0 saturated carbocycles. The molecule has 1 unspecified atom stereocenters. The fraction of sp³-hybridized carbons (Fsp3) is 0.238. The monoisotopic (exact) mass is 350 g/mol. The molecule has 1 aromatic heterocycles. The second-order valence-corrected chi connectivity index (χ2v) is 6.56. The van der Waals surface area contributed by atoms with Crippen molar-refractivity contribution in [2.24, 2.45) is 5.92 Å². The van der Waals surface area contributed by atoms with Crippen molar-refractivity contribution < 1.29 is 9.53 Å². The van der Waals surface area contributed by atoms with Gasteiger partial charge < -0.3 is 15.0 Å². The highest BCUT2D eigenvalue weighted by atomic mass is 16.5. The third kappa shape index (κ3) is 3.61. The molecule has 0 radical (unpaired) electrons. The van der Waals surface area contributed by atoms with E-state index >= 15 is 0 Å². The van der Waals surface area contributed by atoms with Crippen molar-refractivity contribution in [2.45, 2.75) is 19.9 Å². The van der Waals surface area contributed by atoms with Crippen LogP contribution in [0.2, 0.25) is 0 Å². The van der Waals surface area contributed by atoms with Gasteiger partial charge in [0.2, 0.25) is 5.56 Å². The van der Waals surface area contributed by atoms with Crippen molar-refractivity contribution in [3.8, 4) is 5.75 Å². The van der Waals surface area contributed by atoms with Crippen LogP contribution >= 0.6 is 0 Å². The van der Waals surface area contributed by atoms with Crippen molar-refractivity contribution in [3.63, 3.8) is 0 Å². The molecular weight excluding hydrogens is 328 g/mol. The summed E-state index contributed by atoms with van der Waals surface area (Å²) in [4.78, 5) is 27.6. The summed E-state index contributed by atoms with van der Waals surface area (Å²) in [6.07, 6.45) is 0. The molecule has 0 bridgehead atoms. The van der Waals surface area contributed by atoms with Crippen LogP contribution in [0, 0.1) is 5.92 Å². The number of carbonyl (C=O) groups is 1. The molecule has 5 nitrogen and oxygen atoms in total. The fourth-order valence-corrected chi connectivity index (χ4v) is 3.06. The topological polar surface area (TPSA) is 71.2 Å². The predicted octanol–water partition coefficient (Wildman–Crippen LogP) is 3.66. The molecule has 0 aliphatic rings. The number of pyridine rings is 1. The van der Waals surface area contributed by atoms with Gasteiger partial charge in [0.05, 0.1) is 18.7 Å². The van der Waals surface area contributed by atoms with Crippen LogP contribution in [0.5, 0.6) is 5.75 Å². The van der Waals surface area contributed by atoms with Crippen LogP contribution in [0.15, 0.2) is 59.4 Å². The van der Waals surface area contributed by atoms with Crippen molar-refractivity contribution in [1.29, 1.82) is 0 Å². The molecule has 5 heteroatoms. The summed E-state index contributed by atoms with van der Waals surface area (Å²) >= 11 is 0. The van der Waals surface area contributed by atoms with Crippen LogP contribution in [0.1, 0.15) is 35.8 Å². The van der Waals surface area contributed by atoms with Crippen LogP contribution in [-0.2, 0) is 0 Å². The lowest BCUT2D eigenvalue weighted by molar-refractivity contribution is 0.0927. The molecule has 134 valence electrons. The molecule has 1 amide bonds. The Balaban J connectivity index is 1.95. The lowest BCUT2D eigenvalue weighted by atomic mass is 9.95. The van der Waals surface area contributed by atoms with Crippen LogP contribution in [0.25, 0.3) is 10.9 Å². The van der Waals surface area contributed by atoms with Gasteiger partial charge in [0.15, 0.2) is 0 Å². The maximum Gasteiger partial charge on any atom is 0.252 e. The van der Waals surface area contributed by atoms with Gasteiger partial charge in [-0.15, -0.1) is 0 Å². The van der Waals surface area contributed by atoms with E-state index in [1.54, 1.807) is 13.2 Å². The van der Waals surface area contributed by atoms with E-state index in [-0.39, 0.29) is 23.4 Å². The summed E-state index contributed by atoms with van der Waals surface area (Å²) in [5, 5.41) is 3.80. The Hall–Kier alpha value is -3.08. The Labute approximate surface area is 152 Å². The second kappa shape index (κ2) is 7.44. The minimum Gasteiger partial charge on any atom is -0.497 e. The number of hydrogen-bond acceptors (Lipinski definition) is 3. The second-order valence-electron chi connectivity index (χ2n) is 6.56. The van der Waals surface area contributed by atoms with Crippen LogP contribution < -0.4 is 15.6 Å². The number of amides is 1. The summed E-state index contributed by atoms with van der Waals surface area (Å²) in [7, 11) is 1.62. The molecule has 0 spiro atoms. The summed E-state index contributed by atoms with van der Waals surface area (Å²) < 4.78 is 5.20. The van der Waals surface area contributed by atoms with Crippen molar-refractivity contribution in [1.82, 2.24) is 10.3 Å². The number of H-pyrrole nitrogens is 1. The molecular formula is C21H22N2O3. The Bertz CT molecular complexity index is 974. The van der Waals surface area contributed by atoms with Gasteiger partial charge in [-0.3, -0.25) is 9.59 Å². The van der Waals surface area contributed by atoms with Gasteiger partial charge in [0, 0.05) is 17.0 Å². The maximum atomic E-state index is 12.9. The van der Waals surface area contributed by atoms with E-state index < -0.39 is 0 Å². The fourth-order valence-electron chi connectivity index (χ4n) is 3.06. The molecule has 0 aliphatic heterocycles. The van der Waals surface area contributed by atoms with Crippen LogP contribution in [-0.4, -0.2) is 18.0 Å². The number of aromatic amines is 1. The van der Waals surface area contributed by atoms with Gasteiger partial charge in [-0.1, -0.05) is 44.2 Å². The number of rotatable bonds is 5. The molecule has 0 aliphatic carbocycles. The number of hydrogen-bond donors (Lipinski definition) is 2. The van der Waals surface area contributed by atoms with E-state index in [0.717, 1.165) is 16.7 Å². The molecule has 26 heavy (non-hydrogen) atoms. The minimum atomic E-state index is -0.292. The maximum absolute atomic E-state index is 12.9. The third-order valence-electron chi connectivity index (χ3n) is 4.42. The van der Waals surface area contributed by atoms with Gasteiger partial charge >= 0.3 is 0 Å². The molecule has 1 heterocycles. The summed E-state index contributed by atoms with van der Waals surface area (Å²) in [6.45, 7) is 4.09. The number of ether oxygens (including phenoxy) is 1. The Morgan fingerprint density at radius 3 is 2.42 bits per heavy atom. The zero-order valence-corrected chi connectivity index (χ0v) is 15.1. The molecule has 2 N–H and O–H groups in total. The molecule has 0 fully saturated rings. The highest BCUT2D eigenvalue weighted by Crippen LogP contribution is 2.25. The molecule has 1 atom stereocenters. The summed E-state index contributed by atoms with van der Waals surface area (Å²) in [6, 6.07) is 16.1. The smallest absolute Gasteiger partial charge is 0.252 e. The van der Waals surface area contributed by atoms with Gasteiger partial charge in [-0.2, -0.15) is 0 Å². The van der Waals surface area contributed by atoms with Crippen molar-refractivity contribution >= 4 is 16.8 Å².